The molecule has 4 nitrogen and oxygen atoms in total. The molecule has 0 amide bonds. The van der Waals surface area contributed by atoms with Crippen LogP contribution < -0.4 is 11.5 Å². The van der Waals surface area contributed by atoms with Gasteiger partial charge in [-0.2, -0.15) is 0 Å². The molecule has 0 aliphatic rings. The van der Waals surface area contributed by atoms with Crippen LogP contribution in [0.1, 0.15) is 19.3 Å². The van der Waals surface area contributed by atoms with Crippen LogP contribution in [0, 0.1) is 0 Å². The van der Waals surface area contributed by atoms with Gasteiger partial charge in [0.15, 0.2) is 0 Å². The van der Waals surface area contributed by atoms with Crippen LogP contribution >= 0.6 is 0 Å². The van der Waals surface area contributed by atoms with Crippen LogP contribution in [0.5, 0.6) is 0 Å². The van der Waals surface area contributed by atoms with Gasteiger partial charge in [-0.3, -0.25) is 4.79 Å². The number of aliphatic carboxylic acids is 1. The van der Waals surface area contributed by atoms with E-state index in [0.717, 1.165) is 12.8 Å². The van der Waals surface area contributed by atoms with Gasteiger partial charge >= 0.3 is 5.97 Å². The lowest BCUT2D eigenvalue weighted by atomic mass is 9.60. The summed E-state index contributed by atoms with van der Waals surface area (Å²) >= 11 is 0. The average molecular weight is 170 g/mol. The molecule has 0 saturated heterocycles. The Balaban J connectivity index is 3.51. The van der Waals surface area contributed by atoms with Crippen molar-refractivity contribution in [1.82, 2.24) is 0 Å². The Labute approximate surface area is 74.5 Å². The summed E-state index contributed by atoms with van der Waals surface area (Å²) in [5.74, 6) is -0.940. The Morgan fingerprint density at radius 3 is 2.42 bits per heavy atom. The van der Waals surface area contributed by atoms with Crippen LogP contribution in [0.4, 0.5) is 0 Å². The molecule has 0 bridgehead atoms. The summed E-state index contributed by atoms with van der Waals surface area (Å²) in [6.45, 7) is 0. The molecule has 68 valence electrons. The molecule has 1 unspecified atom stereocenters. The molecule has 0 aromatic heterocycles. The topological polar surface area (TPSA) is 89.3 Å². The highest BCUT2D eigenvalue weighted by atomic mass is 16.4. The molecule has 0 aromatic carbocycles. The second kappa shape index (κ2) is 4.52. The van der Waals surface area contributed by atoms with Crippen LogP contribution in [0.15, 0.2) is 0 Å². The van der Waals surface area contributed by atoms with E-state index >= 15 is 0 Å². The minimum absolute atomic E-state index is 0.224. The van der Waals surface area contributed by atoms with E-state index in [2.05, 4.69) is 0 Å². The molecular formula is C6H16B2N2O2. The van der Waals surface area contributed by atoms with Crippen molar-refractivity contribution < 1.29 is 9.90 Å². The van der Waals surface area contributed by atoms with Crippen molar-refractivity contribution in [3.63, 3.8) is 0 Å². The maximum atomic E-state index is 10.3. The number of carbonyl (C=O) groups is 1. The molecule has 12 heavy (non-hydrogen) atoms. The summed E-state index contributed by atoms with van der Waals surface area (Å²) in [7, 11) is 3.83. The van der Waals surface area contributed by atoms with E-state index in [-0.39, 0.29) is 5.34 Å². The maximum Gasteiger partial charge on any atom is 0.320 e. The Hall–Kier alpha value is -0.480. The van der Waals surface area contributed by atoms with Crippen LogP contribution in [0.3, 0.4) is 0 Å². The van der Waals surface area contributed by atoms with E-state index in [0.29, 0.717) is 6.42 Å². The van der Waals surface area contributed by atoms with Crippen molar-refractivity contribution in [2.24, 2.45) is 11.5 Å². The Bertz CT molecular complexity index is 158. The average Bonchev–Trinajstić information content (AvgIpc) is 1.84. The van der Waals surface area contributed by atoms with Crippen LogP contribution in [0.2, 0.25) is 0 Å². The first kappa shape index (κ1) is 11.5. The highest BCUT2D eigenvalue weighted by molar-refractivity contribution is 6.39. The lowest BCUT2D eigenvalue weighted by Crippen LogP contribution is -2.41. The molecule has 0 aliphatic heterocycles. The summed E-state index contributed by atoms with van der Waals surface area (Å²) in [6, 6.07) is -0.743. The number of hydrogen-bond donors (Lipinski definition) is 3. The van der Waals surface area contributed by atoms with Gasteiger partial charge in [0.1, 0.15) is 21.7 Å². The molecular weight excluding hydrogens is 154 g/mol. The molecule has 1 atom stereocenters. The van der Waals surface area contributed by atoms with Crippen molar-refractivity contribution in [2.75, 3.05) is 0 Å². The minimum Gasteiger partial charge on any atom is -0.480 e. The van der Waals surface area contributed by atoms with Crippen molar-refractivity contribution in [3.8, 4) is 0 Å². The zero-order chi connectivity index (χ0) is 9.78. The number of nitrogens with two attached hydrogens (primary N) is 2. The largest absolute Gasteiger partial charge is 0.480 e. The van der Waals surface area contributed by atoms with Crippen molar-refractivity contribution >= 4 is 21.7 Å². The highest BCUT2D eigenvalue weighted by Crippen LogP contribution is 2.05. The molecule has 0 rings (SSSR count). The number of carboxylic acid groups (broad SMARTS) is 1. The molecule has 0 aliphatic carbocycles. The third-order valence-electron chi connectivity index (χ3n) is 1.65. The number of hydrogen-bond acceptors (Lipinski definition) is 3. The first-order chi connectivity index (χ1) is 5.33. The third-order valence-corrected chi connectivity index (χ3v) is 1.65. The van der Waals surface area contributed by atoms with Gasteiger partial charge in [0, 0.05) is 0 Å². The van der Waals surface area contributed by atoms with E-state index in [4.69, 9.17) is 16.6 Å². The molecule has 6 heteroatoms. The number of rotatable bonds is 5. The van der Waals surface area contributed by atoms with Gasteiger partial charge in [-0.15, -0.1) is 0 Å². The minimum atomic E-state index is -0.940. The second-order valence-electron chi connectivity index (χ2n) is 3.83. The summed E-state index contributed by atoms with van der Waals surface area (Å²) in [5, 5.41) is 8.23. The van der Waals surface area contributed by atoms with Gasteiger partial charge in [0.25, 0.3) is 0 Å². The van der Waals surface area contributed by atoms with Gasteiger partial charge in [-0.1, -0.05) is 12.8 Å². The fourth-order valence-corrected chi connectivity index (χ4v) is 0.901. The van der Waals surface area contributed by atoms with E-state index in [1.54, 1.807) is 0 Å². The molecule has 5 N–H and O–H groups in total. The first-order valence-corrected chi connectivity index (χ1v) is 4.10. The molecule has 0 saturated carbocycles. The van der Waals surface area contributed by atoms with Gasteiger partial charge in [-0.25, -0.2) is 0 Å². The zero-order valence-electron chi connectivity index (χ0n) is 7.71. The molecule has 0 aromatic rings. The number of carboxylic acids is 1. The highest BCUT2D eigenvalue weighted by Gasteiger charge is 2.14. The SMILES string of the molecule is BC(B)(N)CCCC(N)C(=O)O. The van der Waals surface area contributed by atoms with E-state index < -0.39 is 12.0 Å². The van der Waals surface area contributed by atoms with Crippen LogP contribution in [0.25, 0.3) is 0 Å². The lowest BCUT2D eigenvalue weighted by molar-refractivity contribution is -0.138. The van der Waals surface area contributed by atoms with Crippen molar-refractivity contribution in [1.29, 1.82) is 0 Å². The monoisotopic (exact) mass is 170 g/mol. The molecule has 0 heterocycles. The fraction of sp³-hybridized carbons (Fsp3) is 0.833. The first-order valence-electron chi connectivity index (χ1n) is 4.10. The molecule has 0 radical (unpaired) electrons. The lowest BCUT2D eigenvalue weighted by Gasteiger charge is -2.18. The Morgan fingerprint density at radius 1 is 1.58 bits per heavy atom. The summed E-state index contributed by atoms with van der Waals surface area (Å²) in [6.07, 6.45) is 2.06. The predicted octanol–water partition coefficient (Wildman–Crippen LogP) is -2.55. The normalized spacial score (nSPS) is 14.2. The smallest absolute Gasteiger partial charge is 0.320 e. The van der Waals surface area contributed by atoms with Gasteiger partial charge in [0.2, 0.25) is 0 Å². The zero-order valence-corrected chi connectivity index (χ0v) is 7.71. The summed E-state index contributed by atoms with van der Waals surface area (Å²) < 4.78 is 0. The van der Waals surface area contributed by atoms with Crippen LogP contribution in [-0.2, 0) is 4.79 Å². The molecule has 0 fully saturated rings. The van der Waals surface area contributed by atoms with Crippen LogP contribution in [-0.4, -0.2) is 38.1 Å². The Kier molecular flexibility index (Phi) is 4.34. The van der Waals surface area contributed by atoms with Gasteiger partial charge < -0.3 is 16.6 Å². The summed E-state index contributed by atoms with van der Waals surface area (Å²) in [4.78, 5) is 10.3. The van der Waals surface area contributed by atoms with Crippen molar-refractivity contribution in [2.45, 2.75) is 30.6 Å². The third kappa shape index (κ3) is 6.24. The van der Waals surface area contributed by atoms with E-state index in [1.807, 2.05) is 15.7 Å². The Morgan fingerprint density at radius 2 is 2.08 bits per heavy atom. The van der Waals surface area contributed by atoms with E-state index in [1.165, 1.54) is 0 Å². The fourth-order valence-electron chi connectivity index (χ4n) is 0.901. The summed E-state index contributed by atoms with van der Waals surface area (Å²) in [5.41, 5.74) is 11.0. The maximum absolute atomic E-state index is 10.3. The second-order valence-corrected chi connectivity index (χ2v) is 3.83. The van der Waals surface area contributed by atoms with E-state index in [9.17, 15) is 4.79 Å². The van der Waals surface area contributed by atoms with Gasteiger partial charge in [-0.05, 0) is 11.8 Å². The van der Waals surface area contributed by atoms with Gasteiger partial charge in [0.05, 0.1) is 0 Å². The van der Waals surface area contributed by atoms with Crippen molar-refractivity contribution in [3.05, 3.63) is 0 Å². The quantitative estimate of drug-likeness (QED) is 0.396. The standard InChI is InChI=1S/C6H16B2N2O2/c7-6(8,10)3-1-2-4(9)5(11)12/h4H,1-3,7-10H2,(H,11,12). The predicted molar refractivity (Wildman–Crippen MR) is 53.5 cm³/mol. The molecule has 0 spiro atoms.